The Bertz CT molecular complexity index is 680. The molecule has 0 bridgehead atoms. The van der Waals surface area contributed by atoms with Gasteiger partial charge in [0, 0.05) is 19.2 Å². The lowest BCUT2D eigenvalue weighted by Gasteiger charge is -2.14. The van der Waals surface area contributed by atoms with E-state index < -0.39 is 0 Å². The number of benzene rings is 2. The highest BCUT2D eigenvalue weighted by Gasteiger charge is 2.11. The van der Waals surface area contributed by atoms with E-state index in [1.165, 1.54) is 16.3 Å². The first-order valence-electron chi connectivity index (χ1n) is 7.35. The van der Waals surface area contributed by atoms with E-state index in [9.17, 15) is 4.79 Å². The molecular weight excluding hydrogens is 276 g/mol. The van der Waals surface area contributed by atoms with Crippen LogP contribution in [0.4, 0.5) is 4.79 Å². The molecule has 2 aromatic carbocycles. The van der Waals surface area contributed by atoms with Crippen LogP contribution in [0.2, 0.25) is 0 Å². The van der Waals surface area contributed by atoms with Crippen molar-refractivity contribution in [2.75, 3.05) is 20.7 Å². The average Bonchev–Trinajstić information content (AvgIpc) is 2.55. The molecule has 0 atom stereocenters. The Morgan fingerprint density at radius 1 is 1.32 bits per heavy atom. The summed E-state index contributed by atoms with van der Waals surface area (Å²) in [4.78, 5) is 11.3. The average molecular weight is 298 g/mol. The Morgan fingerprint density at radius 3 is 2.82 bits per heavy atom. The van der Waals surface area contributed by atoms with E-state index >= 15 is 0 Å². The van der Waals surface area contributed by atoms with Crippen LogP contribution in [0.15, 0.2) is 43.0 Å². The number of methoxy groups -OCH3 is 1. The second-order valence-corrected chi connectivity index (χ2v) is 5.01. The van der Waals surface area contributed by atoms with Gasteiger partial charge in [0.15, 0.2) is 0 Å². The number of nitrogens with one attached hydrogen (secondary N) is 2. The molecule has 2 N–H and O–H groups in total. The van der Waals surface area contributed by atoms with Gasteiger partial charge in [0.05, 0.1) is 7.11 Å². The summed E-state index contributed by atoms with van der Waals surface area (Å²) in [6, 6.07) is 10.1. The molecule has 2 amide bonds. The third kappa shape index (κ3) is 3.39. The first kappa shape index (κ1) is 15.9. The van der Waals surface area contributed by atoms with Gasteiger partial charge in [-0.1, -0.05) is 30.3 Å². The standard InChI is InChI=1S/C18H22N2O2/c1-4-6-15-16(22-3)10-9-13-7-5-8-14(17(13)15)11-12-20-18(21)19-2/h4-5,7-10H,1,6,11-12H2,2-3H3,(H2,19,20,21). The molecule has 2 rings (SSSR count). The second kappa shape index (κ2) is 7.50. The Morgan fingerprint density at radius 2 is 2.14 bits per heavy atom. The van der Waals surface area contributed by atoms with Gasteiger partial charge >= 0.3 is 6.03 Å². The smallest absolute Gasteiger partial charge is 0.314 e. The van der Waals surface area contributed by atoms with Gasteiger partial charge in [-0.2, -0.15) is 0 Å². The lowest BCUT2D eigenvalue weighted by Crippen LogP contribution is -2.34. The summed E-state index contributed by atoms with van der Waals surface area (Å²) in [7, 11) is 3.30. The first-order valence-corrected chi connectivity index (χ1v) is 7.35. The molecule has 0 aliphatic rings. The number of carbonyl (C=O) groups excluding carboxylic acids is 1. The first-order chi connectivity index (χ1) is 10.7. The summed E-state index contributed by atoms with van der Waals surface area (Å²) < 4.78 is 5.49. The van der Waals surface area contributed by atoms with Crippen LogP contribution in [0.5, 0.6) is 5.75 Å². The van der Waals surface area contributed by atoms with Gasteiger partial charge < -0.3 is 15.4 Å². The Labute approximate surface area is 131 Å². The normalized spacial score (nSPS) is 10.3. The molecule has 22 heavy (non-hydrogen) atoms. The van der Waals surface area contributed by atoms with Crippen molar-refractivity contribution in [2.24, 2.45) is 0 Å². The van der Waals surface area contributed by atoms with E-state index in [4.69, 9.17) is 4.74 Å². The molecule has 0 fully saturated rings. The molecule has 116 valence electrons. The van der Waals surface area contributed by atoms with Crippen molar-refractivity contribution < 1.29 is 9.53 Å². The van der Waals surface area contributed by atoms with E-state index in [1.807, 2.05) is 18.2 Å². The van der Waals surface area contributed by atoms with Crippen LogP contribution in [-0.2, 0) is 12.8 Å². The van der Waals surface area contributed by atoms with Crippen molar-refractivity contribution in [3.05, 3.63) is 54.1 Å². The van der Waals surface area contributed by atoms with Gasteiger partial charge in [-0.25, -0.2) is 4.79 Å². The fourth-order valence-electron chi connectivity index (χ4n) is 2.66. The van der Waals surface area contributed by atoms with Gasteiger partial charge in [-0.05, 0) is 35.2 Å². The quantitative estimate of drug-likeness (QED) is 0.805. The second-order valence-electron chi connectivity index (χ2n) is 5.01. The van der Waals surface area contributed by atoms with Crippen molar-refractivity contribution in [1.82, 2.24) is 10.6 Å². The molecule has 0 radical (unpaired) electrons. The van der Waals surface area contributed by atoms with Crippen molar-refractivity contribution in [2.45, 2.75) is 12.8 Å². The highest BCUT2D eigenvalue weighted by molar-refractivity contribution is 5.91. The number of carbonyl (C=O) groups is 1. The van der Waals surface area contributed by atoms with Crippen LogP contribution in [0.3, 0.4) is 0 Å². The Balaban J connectivity index is 2.40. The molecule has 0 unspecified atom stereocenters. The maximum atomic E-state index is 11.3. The summed E-state index contributed by atoms with van der Waals surface area (Å²) in [5.41, 5.74) is 2.34. The number of amides is 2. The number of rotatable bonds is 6. The summed E-state index contributed by atoms with van der Waals surface area (Å²) >= 11 is 0. The molecule has 0 saturated heterocycles. The van der Waals surface area contributed by atoms with Gasteiger partial charge in [0.1, 0.15) is 5.75 Å². The molecule has 0 heterocycles. The molecule has 2 aromatic rings. The van der Waals surface area contributed by atoms with E-state index in [-0.39, 0.29) is 6.03 Å². The summed E-state index contributed by atoms with van der Waals surface area (Å²) in [6.07, 6.45) is 3.40. The maximum absolute atomic E-state index is 11.3. The van der Waals surface area contributed by atoms with Gasteiger partial charge in [-0.15, -0.1) is 6.58 Å². The summed E-state index contributed by atoms with van der Waals surface area (Å²) in [6.45, 7) is 4.43. The molecular formula is C18H22N2O2. The van der Waals surface area contributed by atoms with Crippen molar-refractivity contribution in [3.8, 4) is 5.75 Å². The van der Waals surface area contributed by atoms with Crippen LogP contribution in [0, 0.1) is 0 Å². The predicted molar refractivity (Wildman–Crippen MR) is 90.6 cm³/mol. The zero-order valence-electron chi connectivity index (χ0n) is 13.1. The zero-order chi connectivity index (χ0) is 15.9. The lowest BCUT2D eigenvalue weighted by atomic mass is 9.95. The van der Waals surface area contributed by atoms with Crippen LogP contribution >= 0.6 is 0 Å². The molecule has 0 aliphatic carbocycles. The number of allylic oxidation sites excluding steroid dienone is 1. The minimum absolute atomic E-state index is 0.163. The van der Waals surface area contributed by atoms with E-state index in [2.05, 4.69) is 35.4 Å². The highest BCUT2D eigenvalue weighted by atomic mass is 16.5. The van der Waals surface area contributed by atoms with Crippen molar-refractivity contribution in [3.63, 3.8) is 0 Å². The van der Waals surface area contributed by atoms with Crippen LogP contribution < -0.4 is 15.4 Å². The van der Waals surface area contributed by atoms with Crippen LogP contribution in [0.25, 0.3) is 10.8 Å². The monoisotopic (exact) mass is 298 g/mol. The van der Waals surface area contributed by atoms with Crippen LogP contribution in [0.1, 0.15) is 11.1 Å². The van der Waals surface area contributed by atoms with E-state index in [1.54, 1.807) is 14.2 Å². The lowest BCUT2D eigenvalue weighted by molar-refractivity contribution is 0.243. The minimum Gasteiger partial charge on any atom is -0.496 e. The molecule has 4 heteroatoms. The fraction of sp³-hybridized carbons (Fsp3) is 0.278. The molecule has 0 aliphatic heterocycles. The molecule has 0 saturated carbocycles. The predicted octanol–water partition coefficient (Wildman–Crippen LogP) is 3.05. The number of hydrogen-bond donors (Lipinski definition) is 2. The number of fused-ring (bicyclic) bond motifs is 1. The zero-order valence-corrected chi connectivity index (χ0v) is 13.1. The maximum Gasteiger partial charge on any atom is 0.314 e. The summed E-state index contributed by atoms with van der Waals surface area (Å²) in [5, 5.41) is 7.75. The SMILES string of the molecule is C=CCc1c(OC)ccc2cccc(CCNC(=O)NC)c12. The van der Waals surface area contributed by atoms with E-state index in [0.29, 0.717) is 6.54 Å². The van der Waals surface area contributed by atoms with Gasteiger partial charge in [0.25, 0.3) is 0 Å². The fourth-order valence-corrected chi connectivity index (χ4v) is 2.66. The Hall–Kier alpha value is -2.49. The Kier molecular flexibility index (Phi) is 5.42. The highest BCUT2D eigenvalue weighted by Crippen LogP contribution is 2.31. The topological polar surface area (TPSA) is 50.4 Å². The van der Waals surface area contributed by atoms with Crippen LogP contribution in [-0.4, -0.2) is 26.7 Å². The third-order valence-electron chi connectivity index (χ3n) is 3.67. The van der Waals surface area contributed by atoms with Gasteiger partial charge in [-0.3, -0.25) is 0 Å². The minimum atomic E-state index is -0.163. The third-order valence-corrected chi connectivity index (χ3v) is 3.67. The van der Waals surface area contributed by atoms with Crippen molar-refractivity contribution >= 4 is 16.8 Å². The number of ether oxygens (including phenoxy) is 1. The molecule has 0 aromatic heterocycles. The van der Waals surface area contributed by atoms with Crippen molar-refractivity contribution in [1.29, 1.82) is 0 Å². The molecule has 0 spiro atoms. The molecule has 4 nitrogen and oxygen atoms in total. The number of hydrogen-bond acceptors (Lipinski definition) is 2. The summed E-state index contributed by atoms with van der Waals surface area (Å²) in [5.74, 6) is 0.874. The van der Waals surface area contributed by atoms with Gasteiger partial charge in [0.2, 0.25) is 0 Å². The number of urea groups is 1. The van der Waals surface area contributed by atoms with E-state index in [0.717, 1.165) is 24.2 Å². The largest absolute Gasteiger partial charge is 0.496 e.